The molecule has 0 saturated carbocycles. The van der Waals surface area contributed by atoms with Crippen LogP contribution in [-0.2, 0) is 4.74 Å². The van der Waals surface area contributed by atoms with Crippen LogP contribution in [0.15, 0.2) is 59.6 Å². The highest BCUT2D eigenvalue weighted by Gasteiger charge is 2.46. The van der Waals surface area contributed by atoms with Crippen molar-refractivity contribution in [3.8, 4) is 0 Å². The summed E-state index contributed by atoms with van der Waals surface area (Å²) < 4.78 is 5.60. The fourth-order valence-electron chi connectivity index (χ4n) is 3.58. The summed E-state index contributed by atoms with van der Waals surface area (Å²) in [6.07, 6.45) is 0.0139. The second-order valence-electron chi connectivity index (χ2n) is 5.77. The van der Waals surface area contributed by atoms with Crippen LogP contribution in [0.4, 0.5) is 11.4 Å². The van der Waals surface area contributed by atoms with Crippen LogP contribution in [0.25, 0.3) is 0 Å². The Morgan fingerprint density at radius 3 is 2.55 bits per heavy atom. The minimum absolute atomic E-state index is 0.0139. The molecule has 4 rings (SSSR count). The van der Waals surface area contributed by atoms with Gasteiger partial charge in [0.15, 0.2) is 5.90 Å². The van der Waals surface area contributed by atoms with Gasteiger partial charge in [-0.3, -0.25) is 0 Å². The SMILES string of the molecule is COC1=N[C@@H]2Nc3ccccc3N(C)[C@@H]2[C@@H]1c1ccccc1. The first-order chi connectivity index (χ1) is 10.8. The molecule has 2 aromatic rings. The first-order valence-electron chi connectivity index (χ1n) is 7.54. The standard InChI is InChI=1S/C18H19N3O/c1-21-14-11-7-6-10-13(14)19-17-16(21)15(18(20-17)22-2)12-8-4-3-5-9-12/h3-11,15-17,19H,1-2H3/t15-,16+,17-/m0/s1. The van der Waals surface area contributed by atoms with Crippen LogP contribution in [0.1, 0.15) is 11.5 Å². The Morgan fingerprint density at radius 1 is 1.05 bits per heavy atom. The molecular weight excluding hydrogens is 274 g/mol. The fraction of sp³-hybridized carbons (Fsp3) is 0.278. The van der Waals surface area contributed by atoms with E-state index in [0.717, 1.165) is 11.6 Å². The van der Waals surface area contributed by atoms with E-state index in [4.69, 9.17) is 9.73 Å². The Kier molecular flexibility index (Phi) is 3.03. The fourth-order valence-corrected chi connectivity index (χ4v) is 3.58. The molecule has 1 N–H and O–H groups in total. The van der Waals surface area contributed by atoms with E-state index in [2.05, 4.69) is 59.7 Å². The van der Waals surface area contributed by atoms with E-state index in [1.807, 2.05) is 12.1 Å². The number of para-hydroxylation sites is 2. The Bertz CT molecular complexity index is 713. The Morgan fingerprint density at radius 2 is 1.77 bits per heavy atom. The first kappa shape index (κ1) is 13.2. The van der Waals surface area contributed by atoms with Crippen LogP contribution in [0.3, 0.4) is 0 Å². The number of anilines is 2. The summed E-state index contributed by atoms with van der Waals surface area (Å²) in [7, 11) is 3.85. The predicted octanol–water partition coefficient (Wildman–Crippen LogP) is 3.09. The van der Waals surface area contributed by atoms with E-state index in [1.54, 1.807) is 7.11 Å². The van der Waals surface area contributed by atoms with Gasteiger partial charge in [0.1, 0.15) is 6.17 Å². The second-order valence-corrected chi connectivity index (χ2v) is 5.77. The lowest BCUT2D eigenvalue weighted by Crippen LogP contribution is -2.49. The molecule has 2 heterocycles. The van der Waals surface area contributed by atoms with Crippen molar-refractivity contribution in [2.24, 2.45) is 4.99 Å². The van der Waals surface area contributed by atoms with Crippen LogP contribution >= 0.6 is 0 Å². The maximum atomic E-state index is 5.60. The Labute approximate surface area is 130 Å². The average Bonchev–Trinajstić information content (AvgIpc) is 2.94. The van der Waals surface area contributed by atoms with Gasteiger partial charge in [-0.15, -0.1) is 0 Å². The minimum Gasteiger partial charge on any atom is -0.484 e. The van der Waals surface area contributed by atoms with Gasteiger partial charge in [-0.05, 0) is 17.7 Å². The maximum absolute atomic E-state index is 5.60. The van der Waals surface area contributed by atoms with Crippen LogP contribution in [0, 0.1) is 0 Å². The van der Waals surface area contributed by atoms with Crippen molar-refractivity contribution in [2.45, 2.75) is 18.1 Å². The van der Waals surface area contributed by atoms with E-state index in [1.165, 1.54) is 11.3 Å². The van der Waals surface area contributed by atoms with Crippen molar-refractivity contribution in [2.75, 3.05) is 24.4 Å². The summed E-state index contributed by atoms with van der Waals surface area (Å²) in [6, 6.07) is 19.0. The number of methoxy groups -OCH3 is 1. The number of likely N-dealkylation sites (N-methyl/N-ethyl adjacent to an activating group) is 1. The Hall–Kier alpha value is -2.49. The van der Waals surface area contributed by atoms with Gasteiger partial charge in [0.25, 0.3) is 0 Å². The molecule has 0 bridgehead atoms. The van der Waals surface area contributed by atoms with Gasteiger partial charge < -0.3 is 15.0 Å². The summed E-state index contributed by atoms with van der Waals surface area (Å²) in [5.41, 5.74) is 3.57. The summed E-state index contributed by atoms with van der Waals surface area (Å²) in [5.74, 6) is 0.940. The summed E-state index contributed by atoms with van der Waals surface area (Å²) in [5, 5.41) is 3.54. The van der Waals surface area contributed by atoms with Gasteiger partial charge in [0, 0.05) is 7.05 Å². The molecule has 2 aromatic carbocycles. The molecule has 0 spiro atoms. The van der Waals surface area contributed by atoms with Crippen LogP contribution < -0.4 is 10.2 Å². The second kappa shape index (κ2) is 5.05. The number of rotatable bonds is 1. The molecule has 0 radical (unpaired) electrons. The third-order valence-corrected chi connectivity index (χ3v) is 4.60. The van der Waals surface area contributed by atoms with E-state index in [0.29, 0.717) is 0 Å². The van der Waals surface area contributed by atoms with Crippen LogP contribution in [0.5, 0.6) is 0 Å². The highest BCUT2D eigenvalue weighted by molar-refractivity contribution is 5.90. The zero-order chi connectivity index (χ0) is 15.1. The molecule has 22 heavy (non-hydrogen) atoms. The molecule has 112 valence electrons. The molecule has 0 amide bonds. The smallest absolute Gasteiger partial charge is 0.195 e. The third-order valence-electron chi connectivity index (χ3n) is 4.60. The first-order valence-corrected chi connectivity index (χ1v) is 7.54. The van der Waals surface area contributed by atoms with Crippen LogP contribution in [0.2, 0.25) is 0 Å². The topological polar surface area (TPSA) is 36.9 Å². The lowest BCUT2D eigenvalue weighted by Gasteiger charge is -2.40. The van der Waals surface area contributed by atoms with E-state index in [9.17, 15) is 0 Å². The maximum Gasteiger partial charge on any atom is 0.195 e. The molecule has 2 aliphatic rings. The van der Waals surface area contributed by atoms with Crippen molar-refractivity contribution in [3.63, 3.8) is 0 Å². The minimum atomic E-state index is 0.0139. The number of ether oxygens (including phenoxy) is 1. The zero-order valence-corrected chi connectivity index (χ0v) is 12.7. The molecule has 4 nitrogen and oxygen atoms in total. The monoisotopic (exact) mass is 293 g/mol. The number of nitrogens with zero attached hydrogens (tertiary/aromatic N) is 2. The molecule has 2 aliphatic heterocycles. The van der Waals surface area contributed by atoms with Crippen molar-refractivity contribution in [1.29, 1.82) is 0 Å². The average molecular weight is 293 g/mol. The molecule has 4 heteroatoms. The van der Waals surface area contributed by atoms with Gasteiger partial charge in [0.2, 0.25) is 0 Å². The molecule has 0 fully saturated rings. The zero-order valence-electron chi connectivity index (χ0n) is 12.7. The number of fused-ring (bicyclic) bond motifs is 2. The molecule has 0 aliphatic carbocycles. The number of benzene rings is 2. The predicted molar refractivity (Wildman–Crippen MR) is 89.7 cm³/mol. The molecule has 0 aromatic heterocycles. The number of hydrogen-bond acceptors (Lipinski definition) is 4. The lowest BCUT2D eigenvalue weighted by atomic mass is 9.89. The third kappa shape index (κ3) is 1.87. The number of aliphatic imine (C=N–C) groups is 1. The molecular formula is C18H19N3O. The van der Waals surface area contributed by atoms with Crippen molar-refractivity contribution in [3.05, 3.63) is 60.2 Å². The van der Waals surface area contributed by atoms with E-state index >= 15 is 0 Å². The number of hydrogen-bond donors (Lipinski definition) is 1. The summed E-state index contributed by atoms with van der Waals surface area (Å²) >= 11 is 0. The molecule has 0 saturated heterocycles. The summed E-state index contributed by atoms with van der Waals surface area (Å²) in [4.78, 5) is 7.10. The van der Waals surface area contributed by atoms with E-state index in [-0.39, 0.29) is 18.1 Å². The van der Waals surface area contributed by atoms with Crippen molar-refractivity contribution >= 4 is 17.3 Å². The molecule has 3 atom stereocenters. The van der Waals surface area contributed by atoms with Crippen molar-refractivity contribution in [1.82, 2.24) is 0 Å². The highest BCUT2D eigenvalue weighted by atomic mass is 16.5. The van der Waals surface area contributed by atoms with Gasteiger partial charge in [-0.2, -0.15) is 0 Å². The van der Waals surface area contributed by atoms with Crippen LogP contribution in [-0.4, -0.2) is 32.3 Å². The van der Waals surface area contributed by atoms with Gasteiger partial charge in [0.05, 0.1) is 30.4 Å². The van der Waals surface area contributed by atoms with Crippen molar-refractivity contribution < 1.29 is 4.74 Å². The normalized spacial score (nSPS) is 25.8. The Balaban J connectivity index is 1.79. The summed E-state index contributed by atoms with van der Waals surface area (Å²) in [6.45, 7) is 0. The highest BCUT2D eigenvalue weighted by Crippen LogP contribution is 2.42. The molecule has 0 unspecified atom stereocenters. The van der Waals surface area contributed by atoms with Gasteiger partial charge >= 0.3 is 0 Å². The largest absolute Gasteiger partial charge is 0.484 e. The lowest BCUT2D eigenvalue weighted by molar-refractivity contribution is 0.383. The quantitative estimate of drug-likeness (QED) is 0.878. The number of nitrogens with one attached hydrogen (secondary N) is 1. The van der Waals surface area contributed by atoms with Gasteiger partial charge in [-0.25, -0.2) is 4.99 Å². The van der Waals surface area contributed by atoms with Gasteiger partial charge in [-0.1, -0.05) is 42.5 Å². The van der Waals surface area contributed by atoms with E-state index < -0.39 is 0 Å².